The number of nitrogens with one attached hydrogen (secondary N) is 1. The summed E-state index contributed by atoms with van der Waals surface area (Å²) in [6, 6.07) is 0. The van der Waals surface area contributed by atoms with Gasteiger partial charge in [0.05, 0.1) is 7.11 Å². The van der Waals surface area contributed by atoms with Crippen LogP contribution in [0.25, 0.3) is 0 Å². The molecule has 0 amide bonds. The maximum absolute atomic E-state index is 11.4. The molecule has 18 heavy (non-hydrogen) atoms. The third-order valence-electron chi connectivity index (χ3n) is 3.44. The van der Waals surface area contributed by atoms with Gasteiger partial charge in [-0.15, -0.1) is 11.3 Å². The normalized spacial score (nSPS) is 16.6. The molecule has 1 saturated carbocycles. The van der Waals surface area contributed by atoms with Crippen molar-refractivity contribution in [3.05, 3.63) is 10.6 Å². The Kier molecular flexibility index (Phi) is 4.58. The number of rotatable bonds is 4. The van der Waals surface area contributed by atoms with Crippen LogP contribution in [0, 0.1) is 12.8 Å². The number of anilines is 1. The van der Waals surface area contributed by atoms with Crippen LogP contribution in [0.1, 0.15) is 47.5 Å². The number of hydrogen-bond donors (Lipinski definition) is 1. The quantitative estimate of drug-likeness (QED) is 0.852. The largest absolute Gasteiger partial charge is 0.464 e. The molecule has 0 spiro atoms. The van der Waals surface area contributed by atoms with Gasteiger partial charge >= 0.3 is 5.97 Å². The van der Waals surface area contributed by atoms with E-state index in [-0.39, 0.29) is 5.97 Å². The molecule has 1 fully saturated rings. The Balaban J connectivity index is 1.91. The molecule has 1 aliphatic rings. The molecule has 0 aromatic carbocycles. The van der Waals surface area contributed by atoms with E-state index in [4.69, 9.17) is 4.74 Å². The van der Waals surface area contributed by atoms with Crippen LogP contribution in [0.4, 0.5) is 5.13 Å². The molecule has 5 heteroatoms. The van der Waals surface area contributed by atoms with E-state index in [1.54, 1.807) is 0 Å². The van der Waals surface area contributed by atoms with E-state index in [0.717, 1.165) is 22.5 Å². The average Bonchev–Trinajstić information content (AvgIpc) is 2.78. The van der Waals surface area contributed by atoms with E-state index in [1.165, 1.54) is 50.6 Å². The highest BCUT2D eigenvalue weighted by Crippen LogP contribution is 2.26. The van der Waals surface area contributed by atoms with Crippen molar-refractivity contribution >= 4 is 22.4 Å². The van der Waals surface area contributed by atoms with Gasteiger partial charge in [0, 0.05) is 11.4 Å². The fourth-order valence-corrected chi connectivity index (χ4v) is 3.19. The smallest absolute Gasteiger partial charge is 0.357 e. The molecule has 1 aromatic heterocycles. The summed E-state index contributed by atoms with van der Waals surface area (Å²) in [5, 5.41) is 4.19. The van der Waals surface area contributed by atoms with E-state index >= 15 is 0 Å². The van der Waals surface area contributed by atoms with Gasteiger partial charge in [-0.3, -0.25) is 0 Å². The first-order valence-corrected chi connectivity index (χ1v) is 7.32. The van der Waals surface area contributed by atoms with Crippen LogP contribution in [0.5, 0.6) is 0 Å². The maximum atomic E-state index is 11.4. The molecule has 0 aliphatic heterocycles. The Morgan fingerprint density at radius 2 is 2.17 bits per heavy atom. The van der Waals surface area contributed by atoms with E-state index in [9.17, 15) is 4.79 Å². The molecular formula is C13H20N2O2S. The maximum Gasteiger partial charge on any atom is 0.357 e. The molecule has 100 valence electrons. The second-order valence-electron chi connectivity index (χ2n) is 4.80. The van der Waals surface area contributed by atoms with Crippen LogP contribution in [0.15, 0.2) is 0 Å². The number of aromatic nitrogens is 1. The van der Waals surface area contributed by atoms with Crippen molar-refractivity contribution in [2.24, 2.45) is 5.92 Å². The van der Waals surface area contributed by atoms with E-state index < -0.39 is 0 Å². The van der Waals surface area contributed by atoms with Crippen molar-refractivity contribution in [3.63, 3.8) is 0 Å². The summed E-state index contributed by atoms with van der Waals surface area (Å²) in [5.74, 6) is 0.402. The number of thiazole rings is 1. The van der Waals surface area contributed by atoms with Crippen molar-refractivity contribution < 1.29 is 9.53 Å². The summed E-state index contributed by atoms with van der Waals surface area (Å²) in [4.78, 5) is 16.7. The fraction of sp³-hybridized carbons (Fsp3) is 0.692. The fourth-order valence-electron chi connectivity index (χ4n) is 2.38. The van der Waals surface area contributed by atoms with Crippen molar-refractivity contribution in [2.75, 3.05) is 19.0 Å². The first kappa shape index (κ1) is 13.3. The summed E-state index contributed by atoms with van der Waals surface area (Å²) in [6.07, 6.45) is 6.68. The summed E-state index contributed by atoms with van der Waals surface area (Å²) >= 11 is 1.52. The second-order valence-corrected chi connectivity index (χ2v) is 6.00. The SMILES string of the molecule is COC(=O)c1nc(NCC2CCCCC2)sc1C. The topological polar surface area (TPSA) is 51.2 Å². The zero-order chi connectivity index (χ0) is 13.0. The average molecular weight is 268 g/mol. The molecular weight excluding hydrogens is 248 g/mol. The van der Waals surface area contributed by atoms with Crippen LogP contribution in [0.3, 0.4) is 0 Å². The molecule has 4 nitrogen and oxygen atoms in total. The Morgan fingerprint density at radius 3 is 2.83 bits per heavy atom. The second kappa shape index (κ2) is 6.18. The first-order valence-electron chi connectivity index (χ1n) is 6.50. The number of carbonyl (C=O) groups is 1. The van der Waals surface area contributed by atoms with Gasteiger partial charge in [0.1, 0.15) is 0 Å². The predicted octanol–water partition coefficient (Wildman–Crippen LogP) is 3.23. The molecule has 2 rings (SSSR count). The van der Waals surface area contributed by atoms with E-state index in [2.05, 4.69) is 10.3 Å². The van der Waals surface area contributed by atoms with Gasteiger partial charge in [0.15, 0.2) is 10.8 Å². The molecule has 0 saturated heterocycles. The zero-order valence-corrected chi connectivity index (χ0v) is 11.8. The number of ether oxygens (including phenoxy) is 1. The van der Waals surface area contributed by atoms with Gasteiger partial charge in [0.2, 0.25) is 0 Å². The summed E-state index contributed by atoms with van der Waals surface area (Å²) < 4.78 is 4.70. The summed E-state index contributed by atoms with van der Waals surface area (Å²) in [5.41, 5.74) is 0.439. The summed E-state index contributed by atoms with van der Waals surface area (Å²) in [6.45, 7) is 2.86. The van der Waals surface area contributed by atoms with Crippen LogP contribution in [-0.2, 0) is 4.74 Å². The molecule has 0 bridgehead atoms. The Labute approximate surface area is 112 Å². The van der Waals surface area contributed by atoms with Crippen LogP contribution >= 0.6 is 11.3 Å². The number of carbonyl (C=O) groups excluding carboxylic acids is 1. The third-order valence-corrected chi connectivity index (χ3v) is 4.37. The van der Waals surface area contributed by atoms with Gasteiger partial charge < -0.3 is 10.1 Å². The van der Waals surface area contributed by atoms with Gasteiger partial charge in [-0.05, 0) is 25.7 Å². The Morgan fingerprint density at radius 1 is 1.44 bits per heavy atom. The van der Waals surface area contributed by atoms with Crippen LogP contribution < -0.4 is 5.32 Å². The first-order chi connectivity index (χ1) is 8.70. The highest BCUT2D eigenvalue weighted by atomic mass is 32.1. The lowest BCUT2D eigenvalue weighted by Crippen LogP contribution is -2.17. The monoisotopic (exact) mass is 268 g/mol. The number of hydrogen-bond acceptors (Lipinski definition) is 5. The lowest BCUT2D eigenvalue weighted by Gasteiger charge is -2.21. The van der Waals surface area contributed by atoms with Crippen molar-refractivity contribution in [3.8, 4) is 0 Å². The zero-order valence-electron chi connectivity index (χ0n) is 11.0. The molecule has 1 aliphatic carbocycles. The molecule has 0 radical (unpaired) electrons. The molecule has 1 aromatic rings. The van der Waals surface area contributed by atoms with Gasteiger partial charge in [0.25, 0.3) is 0 Å². The summed E-state index contributed by atoms with van der Waals surface area (Å²) in [7, 11) is 1.39. The Bertz CT molecular complexity index is 411. The standard InChI is InChI=1S/C13H20N2O2S/c1-9-11(12(16)17-2)15-13(18-9)14-8-10-6-4-3-5-7-10/h10H,3-8H2,1-2H3,(H,14,15). The van der Waals surface area contributed by atoms with E-state index in [0.29, 0.717) is 5.69 Å². The van der Waals surface area contributed by atoms with Crippen LogP contribution in [-0.4, -0.2) is 24.6 Å². The van der Waals surface area contributed by atoms with E-state index in [1.807, 2.05) is 6.92 Å². The minimum Gasteiger partial charge on any atom is -0.464 e. The lowest BCUT2D eigenvalue weighted by molar-refractivity contribution is 0.0594. The minimum absolute atomic E-state index is 0.352. The van der Waals surface area contributed by atoms with Gasteiger partial charge in [-0.25, -0.2) is 9.78 Å². The minimum atomic E-state index is -0.352. The molecule has 1 heterocycles. The highest BCUT2D eigenvalue weighted by Gasteiger charge is 2.17. The predicted molar refractivity (Wildman–Crippen MR) is 73.3 cm³/mol. The number of methoxy groups -OCH3 is 1. The number of esters is 1. The number of aryl methyl sites for hydroxylation is 1. The Hall–Kier alpha value is -1.10. The number of nitrogens with zero attached hydrogens (tertiary/aromatic N) is 1. The highest BCUT2D eigenvalue weighted by molar-refractivity contribution is 7.15. The molecule has 0 unspecified atom stereocenters. The third kappa shape index (κ3) is 3.22. The lowest BCUT2D eigenvalue weighted by atomic mass is 9.89. The van der Waals surface area contributed by atoms with Crippen molar-refractivity contribution in [1.82, 2.24) is 4.98 Å². The molecule has 1 N–H and O–H groups in total. The van der Waals surface area contributed by atoms with Crippen molar-refractivity contribution in [1.29, 1.82) is 0 Å². The van der Waals surface area contributed by atoms with Gasteiger partial charge in [-0.1, -0.05) is 19.3 Å². The van der Waals surface area contributed by atoms with Crippen LogP contribution in [0.2, 0.25) is 0 Å². The van der Waals surface area contributed by atoms with Gasteiger partial charge in [-0.2, -0.15) is 0 Å². The van der Waals surface area contributed by atoms with Crippen molar-refractivity contribution in [2.45, 2.75) is 39.0 Å². The molecule has 0 atom stereocenters.